The van der Waals surface area contributed by atoms with E-state index in [1.807, 2.05) is 0 Å². The largest absolute Gasteiger partial charge is 0.367 e. The molecule has 0 aliphatic carbocycles. The van der Waals surface area contributed by atoms with Crippen molar-refractivity contribution in [2.45, 2.75) is 50.1 Å². The summed E-state index contributed by atoms with van der Waals surface area (Å²) >= 11 is 0. The van der Waals surface area contributed by atoms with Gasteiger partial charge >= 0.3 is 0 Å². The van der Waals surface area contributed by atoms with Crippen LogP contribution in [0.25, 0.3) is 0 Å². The standard InChI is InChI=1S/C15H26N4O2S/c1-15(2,3)19-9-7-12(8-10-19)18-14-6-5-13(11-17-14)22(20,21)16-4/h5-6,11-12,16H,7-10H2,1-4H3,(H,17,18). The first-order valence-electron chi connectivity index (χ1n) is 7.63. The molecule has 0 unspecified atom stereocenters. The molecule has 0 spiro atoms. The predicted octanol–water partition coefficient (Wildman–Crippen LogP) is 1.66. The van der Waals surface area contributed by atoms with Gasteiger partial charge in [-0.15, -0.1) is 0 Å². The fourth-order valence-electron chi connectivity index (χ4n) is 2.65. The molecule has 124 valence electrons. The molecule has 1 aromatic rings. The van der Waals surface area contributed by atoms with Crippen LogP contribution in [0.3, 0.4) is 0 Å². The van der Waals surface area contributed by atoms with Crippen molar-refractivity contribution < 1.29 is 8.42 Å². The van der Waals surface area contributed by atoms with Crippen molar-refractivity contribution in [3.05, 3.63) is 18.3 Å². The highest BCUT2D eigenvalue weighted by Crippen LogP contribution is 2.22. The molecule has 1 aliphatic heterocycles. The maximum atomic E-state index is 11.7. The zero-order valence-electron chi connectivity index (χ0n) is 13.8. The minimum Gasteiger partial charge on any atom is -0.367 e. The van der Waals surface area contributed by atoms with Crippen LogP contribution < -0.4 is 10.0 Å². The summed E-state index contributed by atoms with van der Waals surface area (Å²) in [5.74, 6) is 0.726. The van der Waals surface area contributed by atoms with Gasteiger partial charge in [-0.05, 0) is 52.8 Å². The lowest BCUT2D eigenvalue weighted by molar-refractivity contribution is 0.106. The van der Waals surface area contributed by atoms with Crippen LogP contribution in [0.4, 0.5) is 5.82 Å². The SMILES string of the molecule is CNS(=O)(=O)c1ccc(NC2CCN(C(C)(C)C)CC2)nc1. The van der Waals surface area contributed by atoms with Gasteiger partial charge in [-0.2, -0.15) is 0 Å². The summed E-state index contributed by atoms with van der Waals surface area (Å²) in [5.41, 5.74) is 0.215. The number of likely N-dealkylation sites (tertiary alicyclic amines) is 1. The van der Waals surface area contributed by atoms with Crippen molar-refractivity contribution in [1.82, 2.24) is 14.6 Å². The Labute approximate surface area is 133 Å². The molecular weight excluding hydrogens is 300 g/mol. The number of anilines is 1. The van der Waals surface area contributed by atoms with Crippen LogP contribution in [0.5, 0.6) is 0 Å². The molecule has 0 bridgehead atoms. The highest BCUT2D eigenvalue weighted by molar-refractivity contribution is 7.89. The average molecular weight is 326 g/mol. The quantitative estimate of drug-likeness (QED) is 0.880. The molecule has 0 radical (unpaired) electrons. The summed E-state index contributed by atoms with van der Waals surface area (Å²) < 4.78 is 25.6. The van der Waals surface area contributed by atoms with Crippen LogP contribution in [0.15, 0.2) is 23.2 Å². The lowest BCUT2D eigenvalue weighted by atomic mass is 9.98. The molecule has 1 aliphatic rings. The van der Waals surface area contributed by atoms with E-state index in [4.69, 9.17) is 0 Å². The van der Waals surface area contributed by atoms with Gasteiger partial charge in [0.15, 0.2) is 0 Å². The Hall–Kier alpha value is -1.18. The van der Waals surface area contributed by atoms with Gasteiger partial charge in [0, 0.05) is 30.9 Å². The third kappa shape index (κ3) is 4.18. The smallest absolute Gasteiger partial charge is 0.241 e. The van der Waals surface area contributed by atoms with Crippen molar-refractivity contribution in [3.8, 4) is 0 Å². The van der Waals surface area contributed by atoms with Gasteiger partial charge in [0.1, 0.15) is 10.7 Å². The number of hydrogen-bond donors (Lipinski definition) is 2. The number of piperidine rings is 1. The van der Waals surface area contributed by atoms with Crippen molar-refractivity contribution in [2.24, 2.45) is 0 Å². The zero-order chi connectivity index (χ0) is 16.4. The Morgan fingerprint density at radius 1 is 1.23 bits per heavy atom. The highest BCUT2D eigenvalue weighted by atomic mass is 32.2. The van der Waals surface area contributed by atoms with E-state index in [1.54, 1.807) is 12.1 Å². The normalized spacial score (nSPS) is 18.4. The summed E-state index contributed by atoms with van der Waals surface area (Å²) in [6.07, 6.45) is 3.52. The van der Waals surface area contributed by atoms with E-state index in [-0.39, 0.29) is 10.4 Å². The third-order valence-corrected chi connectivity index (χ3v) is 5.51. The van der Waals surface area contributed by atoms with Gasteiger partial charge < -0.3 is 5.32 Å². The minimum atomic E-state index is -3.42. The van der Waals surface area contributed by atoms with Crippen molar-refractivity contribution >= 4 is 15.8 Å². The van der Waals surface area contributed by atoms with Gasteiger partial charge in [-0.1, -0.05) is 0 Å². The van der Waals surface area contributed by atoms with Crippen molar-refractivity contribution in [1.29, 1.82) is 0 Å². The maximum absolute atomic E-state index is 11.7. The van der Waals surface area contributed by atoms with E-state index in [1.165, 1.54) is 13.2 Å². The van der Waals surface area contributed by atoms with Gasteiger partial charge in [0.2, 0.25) is 10.0 Å². The average Bonchev–Trinajstić information content (AvgIpc) is 2.47. The van der Waals surface area contributed by atoms with Crippen LogP contribution in [0, 0.1) is 0 Å². The van der Waals surface area contributed by atoms with E-state index in [0.717, 1.165) is 31.7 Å². The number of rotatable bonds is 4. The summed E-state index contributed by atoms with van der Waals surface area (Å²) in [6, 6.07) is 3.68. The van der Waals surface area contributed by atoms with Crippen LogP contribution >= 0.6 is 0 Å². The van der Waals surface area contributed by atoms with E-state index in [9.17, 15) is 8.42 Å². The molecule has 2 heterocycles. The molecular formula is C15H26N4O2S. The number of pyridine rings is 1. The monoisotopic (exact) mass is 326 g/mol. The lowest BCUT2D eigenvalue weighted by Crippen LogP contribution is -2.48. The van der Waals surface area contributed by atoms with Gasteiger partial charge in [-0.3, -0.25) is 4.90 Å². The van der Waals surface area contributed by atoms with E-state index in [2.05, 4.69) is 40.7 Å². The molecule has 1 saturated heterocycles. The molecule has 0 aromatic carbocycles. The molecule has 22 heavy (non-hydrogen) atoms. The third-order valence-electron chi connectivity index (χ3n) is 4.11. The number of sulfonamides is 1. The molecule has 2 rings (SSSR count). The number of aromatic nitrogens is 1. The Kier molecular flexibility index (Phi) is 5.09. The summed E-state index contributed by atoms with van der Waals surface area (Å²) in [4.78, 5) is 6.88. The second kappa shape index (κ2) is 6.52. The van der Waals surface area contributed by atoms with E-state index < -0.39 is 10.0 Å². The highest BCUT2D eigenvalue weighted by Gasteiger charge is 2.26. The molecule has 2 N–H and O–H groups in total. The van der Waals surface area contributed by atoms with Gasteiger partial charge in [0.05, 0.1) is 0 Å². The Balaban J connectivity index is 1.93. The topological polar surface area (TPSA) is 74.3 Å². The fraction of sp³-hybridized carbons (Fsp3) is 0.667. The predicted molar refractivity (Wildman–Crippen MR) is 88.5 cm³/mol. The van der Waals surface area contributed by atoms with Gasteiger partial charge in [0.25, 0.3) is 0 Å². The fourth-order valence-corrected chi connectivity index (χ4v) is 3.32. The Bertz CT molecular complexity index is 585. The van der Waals surface area contributed by atoms with Gasteiger partial charge in [-0.25, -0.2) is 18.1 Å². The molecule has 0 atom stereocenters. The first kappa shape index (κ1) is 17.2. The first-order valence-corrected chi connectivity index (χ1v) is 9.12. The molecule has 7 heteroatoms. The van der Waals surface area contributed by atoms with Crippen LogP contribution in [0.1, 0.15) is 33.6 Å². The van der Waals surface area contributed by atoms with Crippen molar-refractivity contribution in [2.75, 3.05) is 25.5 Å². The van der Waals surface area contributed by atoms with Crippen LogP contribution in [-0.2, 0) is 10.0 Å². The van der Waals surface area contributed by atoms with E-state index >= 15 is 0 Å². The van der Waals surface area contributed by atoms with Crippen molar-refractivity contribution in [3.63, 3.8) is 0 Å². The van der Waals surface area contributed by atoms with E-state index in [0.29, 0.717) is 6.04 Å². The second-order valence-corrected chi connectivity index (χ2v) is 8.55. The first-order chi connectivity index (χ1) is 10.2. The Morgan fingerprint density at radius 2 is 1.86 bits per heavy atom. The molecule has 0 amide bonds. The minimum absolute atomic E-state index is 0.183. The number of nitrogens with zero attached hydrogens (tertiary/aromatic N) is 2. The second-order valence-electron chi connectivity index (χ2n) is 6.66. The summed E-state index contributed by atoms with van der Waals surface area (Å²) in [7, 11) is -2.03. The molecule has 0 saturated carbocycles. The lowest BCUT2D eigenvalue weighted by Gasteiger charge is -2.41. The maximum Gasteiger partial charge on any atom is 0.241 e. The summed E-state index contributed by atoms with van der Waals surface area (Å²) in [6.45, 7) is 8.84. The molecule has 6 nitrogen and oxygen atoms in total. The summed E-state index contributed by atoms with van der Waals surface area (Å²) in [5, 5.41) is 3.40. The molecule has 1 aromatic heterocycles. The van der Waals surface area contributed by atoms with Crippen LogP contribution in [0.2, 0.25) is 0 Å². The van der Waals surface area contributed by atoms with Crippen LogP contribution in [-0.4, -0.2) is 50.0 Å². The zero-order valence-corrected chi connectivity index (χ0v) is 14.6. The Morgan fingerprint density at radius 3 is 2.32 bits per heavy atom. The number of nitrogens with one attached hydrogen (secondary N) is 2. The number of hydrogen-bond acceptors (Lipinski definition) is 5. The molecule has 1 fully saturated rings.